The Morgan fingerprint density at radius 2 is 1.69 bits per heavy atom. The Morgan fingerprint density at radius 1 is 1.02 bits per heavy atom. The first-order chi connectivity index (χ1) is 25.0. The third-order valence-electron chi connectivity index (χ3n) is 8.62. The summed E-state index contributed by atoms with van der Waals surface area (Å²) < 4.78 is 34.6. The Hall–Kier alpha value is -5.39. The number of aromatic amines is 1. The number of nitrogens with one attached hydrogen (secondary N) is 2. The molecule has 1 unspecified atom stereocenters. The number of carbonyl (C=O) groups is 3. The van der Waals surface area contributed by atoms with Crippen LogP contribution >= 0.6 is 0 Å². The molecule has 2 fully saturated rings. The Kier molecular flexibility index (Phi) is 10.8. The number of amides is 1. The number of H-pyrrole nitrogens is 1. The van der Waals surface area contributed by atoms with Crippen LogP contribution in [0.15, 0.2) is 48.5 Å². The predicted molar refractivity (Wildman–Crippen MR) is 181 cm³/mol. The quantitative estimate of drug-likeness (QED) is 0.109. The van der Waals surface area contributed by atoms with Crippen LogP contribution in [0.3, 0.4) is 0 Å². The number of aliphatic hydroxyl groups is 1. The number of benzene rings is 2. The van der Waals surface area contributed by atoms with Gasteiger partial charge >= 0.3 is 18.2 Å². The van der Waals surface area contributed by atoms with Gasteiger partial charge in [0.05, 0.1) is 13.2 Å². The lowest BCUT2D eigenvalue weighted by Gasteiger charge is -2.21. The molecule has 2 aliphatic heterocycles. The third-order valence-corrected chi connectivity index (χ3v) is 8.62. The average molecular weight is 720 g/mol. The number of tetrazole rings is 1. The van der Waals surface area contributed by atoms with Crippen LogP contribution in [0.25, 0.3) is 22.5 Å². The molecule has 4 heterocycles. The summed E-state index contributed by atoms with van der Waals surface area (Å²) in [5, 5.41) is 27.9. The van der Waals surface area contributed by atoms with E-state index in [0.717, 1.165) is 28.7 Å². The highest BCUT2D eigenvalue weighted by Crippen LogP contribution is 2.33. The number of ether oxygens (including phenoxy) is 6. The summed E-state index contributed by atoms with van der Waals surface area (Å²) in [6.07, 6.45) is -4.67. The third kappa shape index (κ3) is 7.90. The fourth-order valence-corrected chi connectivity index (χ4v) is 6.24. The normalized spacial score (nSPS) is 20.2. The van der Waals surface area contributed by atoms with Crippen LogP contribution in [0.1, 0.15) is 61.7 Å². The van der Waals surface area contributed by atoms with Gasteiger partial charge in [-0.2, -0.15) is 5.21 Å². The maximum atomic E-state index is 13.8. The van der Waals surface area contributed by atoms with Gasteiger partial charge in [0, 0.05) is 32.5 Å². The highest BCUT2D eigenvalue weighted by Gasteiger charge is 2.51. The van der Waals surface area contributed by atoms with Crippen LogP contribution in [0.5, 0.6) is 0 Å². The van der Waals surface area contributed by atoms with Gasteiger partial charge in [0.2, 0.25) is 12.1 Å². The lowest BCUT2D eigenvalue weighted by atomic mass is 9.98. The topological polar surface area (TPSA) is 211 Å². The van der Waals surface area contributed by atoms with Crippen LogP contribution < -0.4 is 5.32 Å². The molecule has 1 amide bonds. The Balaban J connectivity index is 1.16. The minimum atomic E-state index is -1.51. The molecule has 52 heavy (non-hydrogen) atoms. The smallest absolute Gasteiger partial charge is 0.441 e. The lowest BCUT2D eigenvalue weighted by Crippen LogP contribution is -2.37. The van der Waals surface area contributed by atoms with Gasteiger partial charge in [0.1, 0.15) is 29.3 Å². The molecule has 0 bridgehead atoms. The van der Waals surface area contributed by atoms with E-state index in [2.05, 4.69) is 30.9 Å². The molecule has 17 nitrogen and oxygen atoms in total. The van der Waals surface area contributed by atoms with Crippen LogP contribution in [0.4, 0.5) is 9.59 Å². The number of carbonyl (C=O) groups excluding carboxylic acids is 3. The van der Waals surface area contributed by atoms with Crippen molar-refractivity contribution in [3.05, 3.63) is 71.3 Å². The molecule has 5 atom stereocenters. The first-order valence-electron chi connectivity index (χ1n) is 16.9. The molecule has 276 valence electrons. The predicted octanol–water partition coefficient (Wildman–Crippen LogP) is 3.51. The van der Waals surface area contributed by atoms with Crippen LogP contribution in [-0.2, 0) is 47.0 Å². The number of rotatable bonds is 12. The number of imidazole rings is 1. The second-order valence-electron chi connectivity index (χ2n) is 12.9. The van der Waals surface area contributed by atoms with E-state index in [0.29, 0.717) is 18.1 Å². The maximum Gasteiger partial charge on any atom is 0.511 e. The Bertz CT molecular complexity index is 1870. The molecule has 0 saturated carbocycles. The molecule has 6 rings (SSSR count). The summed E-state index contributed by atoms with van der Waals surface area (Å²) in [7, 11) is 1.44. The van der Waals surface area contributed by atoms with E-state index >= 15 is 0 Å². The van der Waals surface area contributed by atoms with Crippen molar-refractivity contribution in [2.75, 3.05) is 20.3 Å². The molecule has 2 aliphatic rings. The van der Waals surface area contributed by atoms with E-state index in [-0.39, 0.29) is 31.1 Å². The van der Waals surface area contributed by atoms with Gasteiger partial charge in [0.25, 0.3) is 0 Å². The number of nitrogens with zero attached hydrogens (tertiary/aromatic N) is 5. The molecule has 2 aromatic carbocycles. The van der Waals surface area contributed by atoms with Crippen molar-refractivity contribution in [2.45, 2.75) is 83.4 Å². The van der Waals surface area contributed by atoms with Crippen LogP contribution in [-0.4, -0.2) is 104 Å². The van der Waals surface area contributed by atoms with Gasteiger partial charge in [-0.3, -0.25) is 0 Å². The van der Waals surface area contributed by atoms with Crippen molar-refractivity contribution in [3.63, 3.8) is 0 Å². The summed E-state index contributed by atoms with van der Waals surface area (Å²) in [5.74, 6) is 0.204. The van der Waals surface area contributed by atoms with Gasteiger partial charge in [-0.05, 0) is 42.2 Å². The monoisotopic (exact) mass is 719 g/mol. The lowest BCUT2D eigenvalue weighted by molar-refractivity contribution is -0.0993. The molecule has 0 spiro atoms. The summed E-state index contributed by atoms with van der Waals surface area (Å²) in [6.45, 7) is 6.73. The van der Waals surface area contributed by atoms with Gasteiger partial charge in [-0.15, -0.1) is 10.2 Å². The number of aromatic nitrogens is 6. The number of fused-ring (bicyclic) bond motifs is 1. The molecular formula is C35H41N7O10. The van der Waals surface area contributed by atoms with Crippen molar-refractivity contribution < 1.29 is 47.9 Å². The molecule has 2 aromatic heterocycles. The highest BCUT2D eigenvalue weighted by molar-refractivity contribution is 5.89. The van der Waals surface area contributed by atoms with Crippen molar-refractivity contribution >= 4 is 18.2 Å². The minimum Gasteiger partial charge on any atom is -0.441 e. The highest BCUT2D eigenvalue weighted by atomic mass is 16.8. The summed E-state index contributed by atoms with van der Waals surface area (Å²) >= 11 is 0. The summed E-state index contributed by atoms with van der Waals surface area (Å²) in [5.41, 5.74) is 2.16. The molecule has 3 N–H and O–H groups in total. The first kappa shape index (κ1) is 36.4. The average Bonchev–Trinajstić information content (AvgIpc) is 3.92. The van der Waals surface area contributed by atoms with Crippen LogP contribution in [0, 0.1) is 0 Å². The maximum absolute atomic E-state index is 13.8. The van der Waals surface area contributed by atoms with Crippen molar-refractivity contribution in [1.29, 1.82) is 0 Å². The fourth-order valence-electron chi connectivity index (χ4n) is 6.24. The molecule has 2 saturated heterocycles. The fraction of sp³-hybridized carbons (Fsp3) is 0.457. The summed E-state index contributed by atoms with van der Waals surface area (Å²) in [4.78, 5) is 42.9. The zero-order chi connectivity index (χ0) is 37.0. The number of alkyl carbamates (subject to hydrolysis) is 1. The Labute approximate surface area is 298 Å². The van der Waals surface area contributed by atoms with Gasteiger partial charge < -0.3 is 43.4 Å². The second-order valence-corrected chi connectivity index (χ2v) is 12.9. The zero-order valence-corrected chi connectivity index (χ0v) is 29.4. The van der Waals surface area contributed by atoms with E-state index in [1.54, 1.807) is 4.57 Å². The number of hydrogen-bond donors (Lipinski definition) is 3. The number of aryl methyl sites for hydroxylation is 1. The minimum absolute atomic E-state index is 0.00711. The van der Waals surface area contributed by atoms with E-state index in [9.17, 15) is 19.5 Å². The molecule has 0 radical (unpaired) electrons. The van der Waals surface area contributed by atoms with E-state index in [4.69, 9.17) is 28.4 Å². The SMILES string of the molecule is CCCc1nc(C(C)(C)O)c(C(=O)OC(C)OC(=O)O[C@@H]2CO[C@@H]3[C@H]2OC[C@H]3OC(=O)NC)n1Cc1ccc(-c2ccccc2-c2nn[nH]n2)cc1. The molecule has 17 heteroatoms. The Morgan fingerprint density at radius 3 is 2.31 bits per heavy atom. The molecule has 4 aromatic rings. The van der Waals surface area contributed by atoms with Crippen LogP contribution in [0.2, 0.25) is 0 Å². The standard InChI is InChI=1S/C35H41N7O10/c1-6-9-26-37-30(35(3,4)46)27(42(26)16-20-12-14-21(15-13-20)22-10-7-8-11-23(22)31-38-40-41-39-31)32(43)49-19(2)50-34(45)52-25-18-48-28-24(17-47-29(25)28)51-33(44)36-5/h7-8,10-15,19,24-25,28-29,46H,6,9,16-18H2,1-5H3,(H,36,44)(H,38,39,40,41)/t19?,24-,25-,28+,29+/m1/s1. The number of hydrogen-bond acceptors (Lipinski definition) is 14. The second kappa shape index (κ2) is 15.5. The van der Waals surface area contributed by atoms with Gasteiger partial charge in [0.15, 0.2) is 17.9 Å². The number of esters is 1. The van der Waals surface area contributed by atoms with Crippen molar-refractivity contribution in [2.24, 2.45) is 0 Å². The van der Waals surface area contributed by atoms with Gasteiger partial charge in [-0.1, -0.05) is 55.5 Å². The van der Waals surface area contributed by atoms with E-state index in [1.165, 1.54) is 27.8 Å². The van der Waals surface area contributed by atoms with Gasteiger partial charge in [-0.25, -0.2) is 19.4 Å². The largest absolute Gasteiger partial charge is 0.511 e. The van der Waals surface area contributed by atoms with Crippen molar-refractivity contribution in [3.8, 4) is 22.5 Å². The zero-order valence-electron chi connectivity index (χ0n) is 29.4. The molecular weight excluding hydrogens is 678 g/mol. The van der Waals surface area contributed by atoms with Crippen molar-refractivity contribution in [1.82, 2.24) is 35.5 Å². The summed E-state index contributed by atoms with van der Waals surface area (Å²) in [6, 6.07) is 15.5. The molecule has 0 aliphatic carbocycles. The van der Waals surface area contributed by atoms with E-state index in [1.807, 2.05) is 55.5 Å². The first-order valence-corrected chi connectivity index (χ1v) is 16.9. The van der Waals surface area contributed by atoms with E-state index < -0.39 is 54.5 Å².